The van der Waals surface area contributed by atoms with E-state index in [1.54, 1.807) is 0 Å². The Hall–Kier alpha value is -1.76. The standard InChI is InChI=1S/C16H15N/c1-11-5-4-7-14-13-6-2-3-8-15(13)17(16(11)14)12-9-10-12/h2-8,12H,9-10H2,1H3. The first-order valence-corrected chi connectivity index (χ1v) is 6.34. The van der Waals surface area contributed by atoms with Crippen LogP contribution in [0.4, 0.5) is 0 Å². The van der Waals surface area contributed by atoms with Crippen molar-refractivity contribution in [3.8, 4) is 0 Å². The molecule has 84 valence electrons. The molecule has 0 N–H and O–H groups in total. The summed E-state index contributed by atoms with van der Waals surface area (Å²) in [5.74, 6) is 0. The van der Waals surface area contributed by atoms with Gasteiger partial charge in [-0.3, -0.25) is 0 Å². The molecule has 1 fully saturated rings. The van der Waals surface area contributed by atoms with Gasteiger partial charge in [-0.2, -0.15) is 0 Å². The molecule has 1 saturated carbocycles. The SMILES string of the molecule is Cc1cccc2c3ccccc3n(C3CC3)c12. The predicted molar refractivity (Wildman–Crippen MR) is 72.5 cm³/mol. The number of hydrogen-bond donors (Lipinski definition) is 0. The van der Waals surface area contributed by atoms with Crippen LogP contribution < -0.4 is 0 Å². The molecule has 1 heteroatoms. The molecule has 1 aliphatic rings. The Bertz CT molecular complexity index is 717. The lowest BCUT2D eigenvalue weighted by atomic mass is 10.1. The normalized spacial score (nSPS) is 15.8. The number of benzene rings is 2. The Kier molecular flexibility index (Phi) is 1.71. The molecule has 0 spiro atoms. The molecule has 4 rings (SSSR count). The molecular weight excluding hydrogens is 206 g/mol. The second kappa shape index (κ2) is 3.13. The van der Waals surface area contributed by atoms with Crippen LogP contribution in [0.1, 0.15) is 24.4 Å². The lowest BCUT2D eigenvalue weighted by Gasteiger charge is -2.06. The van der Waals surface area contributed by atoms with E-state index in [-0.39, 0.29) is 0 Å². The van der Waals surface area contributed by atoms with Gasteiger partial charge in [-0.1, -0.05) is 36.4 Å². The largest absolute Gasteiger partial charge is 0.337 e. The minimum atomic E-state index is 0.735. The van der Waals surface area contributed by atoms with Crippen LogP contribution in [-0.2, 0) is 0 Å². The zero-order valence-electron chi connectivity index (χ0n) is 9.98. The fraction of sp³-hybridized carbons (Fsp3) is 0.250. The number of aromatic nitrogens is 1. The Balaban J connectivity index is 2.29. The topological polar surface area (TPSA) is 4.93 Å². The number of fused-ring (bicyclic) bond motifs is 3. The first-order chi connectivity index (χ1) is 8.36. The Labute approximate surface area is 101 Å². The van der Waals surface area contributed by atoms with Crippen molar-refractivity contribution in [2.75, 3.05) is 0 Å². The minimum Gasteiger partial charge on any atom is -0.337 e. The molecule has 0 saturated heterocycles. The van der Waals surface area contributed by atoms with E-state index in [0.29, 0.717) is 0 Å². The van der Waals surface area contributed by atoms with E-state index in [4.69, 9.17) is 0 Å². The van der Waals surface area contributed by atoms with Crippen molar-refractivity contribution < 1.29 is 0 Å². The fourth-order valence-electron chi connectivity index (χ4n) is 2.94. The highest BCUT2D eigenvalue weighted by molar-refractivity contribution is 6.09. The molecular formula is C16H15N. The van der Waals surface area contributed by atoms with Gasteiger partial charge in [0.1, 0.15) is 0 Å². The molecule has 17 heavy (non-hydrogen) atoms. The van der Waals surface area contributed by atoms with Crippen LogP contribution >= 0.6 is 0 Å². The van der Waals surface area contributed by atoms with Gasteiger partial charge in [-0.15, -0.1) is 0 Å². The predicted octanol–water partition coefficient (Wildman–Crippen LogP) is 4.44. The van der Waals surface area contributed by atoms with Crippen molar-refractivity contribution in [3.05, 3.63) is 48.0 Å². The van der Waals surface area contributed by atoms with E-state index in [1.165, 1.54) is 40.2 Å². The van der Waals surface area contributed by atoms with E-state index in [0.717, 1.165) is 6.04 Å². The first-order valence-electron chi connectivity index (χ1n) is 6.34. The maximum atomic E-state index is 2.56. The summed E-state index contributed by atoms with van der Waals surface area (Å²) in [4.78, 5) is 0. The summed E-state index contributed by atoms with van der Waals surface area (Å²) in [7, 11) is 0. The van der Waals surface area contributed by atoms with Crippen LogP contribution in [0.2, 0.25) is 0 Å². The van der Waals surface area contributed by atoms with Crippen LogP contribution in [-0.4, -0.2) is 4.57 Å². The summed E-state index contributed by atoms with van der Waals surface area (Å²) in [6, 6.07) is 16.2. The van der Waals surface area contributed by atoms with Gasteiger partial charge < -0.3 is 4.57 Å². The number of hydrogen-bond acceptors (Lipinski definition) is 0. The molecule has 2 aromatic carbocycles. The molecule has 0 unspecified atom stereocenters. The van der Waals surface area contributed by atoms with Crippen molar-refractivity contribution >= 4 is 21.8 Å². The Morgan fingerprint density at radius 3 is 2.53 bits per heavy atom. The van der Waals surface area contributed by atoms with Gasteiger partial charge in [0.25, 0.3) is 0 Å². The van der Waals surface area contributed by atoms with Gasteiger partial charge >= 0.3 is 0 Å². The van der Waals surface area contributed by atoms with Crippen LogP contribution in [0.3, 0.4) is 0 Å². The first kappa shape index (κ1) is 9.29. The highest BCUT2D eigenvalue weighted by Crippen LogP contribution is 2.43. The van der Waals surface area contributed by atoms with Crippen LogP contribution in [0, 0.1) is 6.92 Å². The van der Waals surface area contributed by atoms with E-state index in [9.17, 15) is 0 Å². The number of rotatable bonds is 1. The molecule has 3 aromatic rings. The maximum Gasteiger partial charge on any atom is 0.0523 e. The van der Waals surface area contributed by atoms with Crippen molar-refractivity contribution in [1.82, 2.24) is 4.57 Å². The lowest BCUT2D eigenvalue weighted by Crippen LogP contribution is -1.94. The number of aryl methyl sites for hydroxylation is 1. The monoisotopic (exact) mass is 221 g/mol. The zero-order valence-corrected chi connectivity index (χ0v) is 9.98. The fourth-order valence-corrected chi connectivity index (χ4v) is 2.94. The smallest absolute Gasteiger partial charge is 0.0523 e. The van der Waals surface area contributed by atoms with Gasteiger partial charge in [0.15, 0.2) is 0 Å². The van der Waals surface area contributed by atoms with Crippen molar-refractivity contribution in [2.45, 2.75) is 25.8 Å². The molecule has 0 amide bonds. The molecule has 0 aliphatic heterocycles. The third kappa shape index (κ3) is 1.20. The maximum absolute atomic E-state index is 2.56. The minimum absolute atomic E-state index is 0.735. The highest BCUT2D eigenvalue weighted by Gasteiger charge is 2.27. The molecule has 1 nitrogen and oxygen atoms in total. The molecule has 0 radical (unpaired) electrons. The van der Waals surface area contributed by atoms with Gasteiger partial charge in [-0.05, 0) is 31.4 Å². The lowest BCUT2D eigenvalue weighted by molar-refractivity contribution is 0.803. The van der Waals surface area contributed by atoms with Gasteiger partial charge in [0.2, 0.25) is 0 Å². The van der Waals surface area contributed by atoms with E-state index >= 15 is 0 Å². The quantitative estimate of drug-likeness (QED) is 0.572. The third-order valence-electron chi connectivity index (χ3n) is 3.84. The van der Waals surface area contributed by atoms with Gasteiger partial charge in [0, 0.05) is 22.3 Å². The second-order valence-corrected chi connectivity index (χ2v) is 5.09. The molecule has 0 bridgehead atoms. The van der Waals surface area contributed by atoms with Gasteiger partial charge in [-0.25, -0.2) is 0 Å². The van der Waals surface area contributed by atoms with Crippen molar-refractivity contribution in [2.24, 2.45) is 0 Å². The van der Waals surface area contributed by atoms with Crippen LogP contribution in [0.5, 0.6) is 0 Å². The summed E-state index contributed by atoms with van der Waals surface area (Å²) < 4.78 is 2.56. The number of para-hydroxylation sites is 2. The van der Waals surface area contributed by atoms with E-state index in [1.807, 2.05) is 0 Å². The van der Waals surface area contributed by atoms with Crippen LogP contribution in [0.25, 0.3) is 21.8 Å². The Morgan fingerprint density at radius 1 is 0.941 bits per heavy atom. The van der Waals surface area contributed by atoms with Crippen molar-refractivity contribution in [3.63, 3.8) is 0 Å². The second-order valence-electron chi connectivity index (χ2n) is 5.09. The summed E-state index contributed by atoms with van der Waals surface area (Å²) in [6.07, 6.45) is 2.67. The molecule has 1 aliphatic carbocycles. The molecule has 1 aromatic heterocycles. The summed E-state index contributed by atoms with van der Waals surface area (Å²) in [5, 5.41) is 2.81. The van der Waals surface area contributed by atoms with E-state index < -0.39 is 0 Å². The van der Waals surface area contributed by atoms with Crippen molar-refractivity contribution in [1.29, 1.82) is 0 Å². The van der Waals surface area contributed by atoms with Gasteiger partial charge in [0.05, 0.1) is 5.52 Å². The molecule has 1 heterocycles. The average Bonchev–Trinajstić information content (AvgIpc) is 3.12. The summed E-state index contributed by atoms with van der Waals surface area (Å²) in [5.41, 5.74) is 4.24. The number of nitrogens with zero attached hydrogens (tertiary/aromatic N) is 1. The average molecular weight is 221 g/mol. The third-order valence-corrected chi connectivity index (χ3v) is 3.84. The Morgan fingerprint density at radius 2 is 1.71 bits per heavy atom. The zero-order chi connectivity index (χ0) is 11.4. The highest BCUT2D eigenvalue weighted by atomic mass is 15.0. The summed E-state index contributed by atoms with van der Waals surface area (Å²) in [6.45, 7) is 2.22. The van der Waals surface area contributed by atoms with Crippen LogP contribution in [0.15, 0.2) is 42.5 Å². The summed E-state index contributed by atoms with van der Waals surface area (Å²) >= 11 is 0. The van der Waals surface area contributed by atoms with E-state index in [2.05, 4.69) is 54.0 Å². The molecule has 0 atom stereocenters.